The number of fused-ring (bicyclic) bond motifs is 1. The van der Waals surface area contributed by atoms with E-state index in [-0.39, 0.29) is 16.6 Å². The molecule has 1 heterocycles. The average Bonchev–Trinajstić information content (AvgIpc) is 3.07. The SMILES string of the molecule is CCc1c(C(=O)c2cccc(Cl)c2Cl)c2cccc(Br)c2n1CCCNS(=O)(=O)CC. The molecule has 1 aromatic heterocycles. The van der Waals surface area contributed by atoms with E-state index in [9.17, 15) is 13.2 Å². The smallest absolute Gasteiger partial charge is 0.211 e. The Bertz CT molecular complexity index is 1240. The van der Waals surface area contributed by atoms with E-state index < -0.39 is 10.0 Å². The third kappa shape index (κ3) is 5.01. The summed E-state index contributed by atoms with van der Waals surface area (Å²) in [6.07, 6.45) is 1.21. The molecule has 166 valence electrons. The number of nitrogens with one attached hydrogen (secondary N) is 1. The predicted octanol–water partition coefficient (Wildman–Crippen LogP) is 5.83. The summed E-state index contributed by atoms with van der Waals surface area (Å²) in [5.74, 6) is -0.137. The van der Waals surface area contributed by atoms with Gasteiger partial charge in [0.2, 0.25) is 10.0 Å². The van der Waals surface area contributed by atoms with Crippen LogP contribution in [-0.2, 0) is 23.0 Å². The average molecular weight is 546 g/mol. The number of para-hydroxylation sites is 1. The van der Waals surface area contributed by atoms with E-state index in [1.54, 1.807) is 25.1 Å². The summed E-state index contributed by atoms with van der Waals surface area (Å²) >= 11 is 16.1. The Morgan fingerprint density at radius 1 is 1.13 bits per heavy atom. The van der Waals surface area contributed by atoms with Crippen LogP contribution in [0, 0.1) is 0 Å². The van der Waals surface area contributed by atoms with Crippen molar-refractivity contribution in [2.24, 2.45) is 0 Å². The Morgan fingerprint density at radius 2 is 1.84 bits per heavy atom. The minimum absolute atomic E-state index is 0.0459. The molecule has 0 aliphatic rings. The van der Waals surface area contributed by atoms with E-state index >= 15 is 0 Å². The van der Waals surface area contributed by atoms with Crippen molar-refractivity contribution in [3.63, 3.8) is 0 Å². The molecule has 0 atom stereocenters. The largest absolute Gasteiger partial charge is 0.343 e. The lowest BCUT2D eigenvalue weighted by Crippen LogP contribution is -2.27. The third-order valence-electron chi connectivity index (χ3n) is 5.16. The van der Waals surface area contributed by atoms with Gasteiger partial charge >= 0.3 is 0 Å². The van der Waals surface area contributed by atoms with Gasteiger partial charge in [0.15, 0.2) is 5.78 Å². The first kappa shape index (κ1) is 24.3. The van der Waals surface area contributed by atoms with Crippen LogP contribution < -0.4 is 4.72 Å². The monoisotopic (exact) mass is 544 g/mol. The summed E-state index contributed by atoms with van der Waals surface area (Å²) in [7, 11) is -3.24. The molecule has 1 N–H and O–H groups in total. The molecule has 0 fully saturated rings. The lowest BCUT2D eigenvalue weighted by molar-refractivity contribution is 0.103. The summed E-state index contributed by atoms with van der Waals surface area (Å²) in [6.45, 7) is 4.49. The van der Waals surface area contributed by atoms with E-state index in [4.69, 9.17) is 23.2 Å². The van der Waals surface area contributed by atoms with E-state index in [1.807, 2.05) is 25.1 Å². The second-order valence-corrected chi connectivity index (χ2v) is 10.8. The molecule has 0 aliphatic heterocycles. The molecule has 0 saturated carbocycles. The summed E-state index contributed by atoms with van der Waals surface area (Å²) in [5.41, 5.74) is 2.73. The second-order valence-electron chi connectivity index (χ2n) is 7.04. The molecule has 3 rings (SSSR count). The van der Waals surface area contributed by atoms with Crippen LogP contribution in [-0.4, -0.2) is 31.1 Å². The molecule has 0 saturated heterocycles. The Balaban J connectivity index is 2.08. The van der Waals surface area contributed by atoms with Gasteiger partial charge in [-0.15, -0.1) is 0 Å². The molecular weight excluding hydrogens is 523 g/mol. The Labute approximate surface area is 200 Å². The van der Waals surface area contributed by atoms with Gasteiger partial charge in [0.1, 0.15) is 0 Å². The quantitative estimate of drug-likeness (QED) is 0.271. The topological polar surface area (TPSA) is 68.2 Å². The van der Waals surface area contributed by atoms with Crippen molar-refractivity contribution in [2.75, 3.05) is 12.3 Å². The van der Waals surface area contributed by atoms with Gasteiger partial charge in [0.05, 0.1) is 26.9 Å². The van der Waals surface area contributed by atoms with Crippen molar-refractivity contribution in [2.45, 2.75) is 33.2 Å². The first-order valence-corrected chi connectivity index (χ1v) is 13.2. The maximum atomic E-state index is 13.6. The molecule has 0 amide bonds. The molecule has 3 aromatic rings. The van der Waals surface area contributed by atoms with Gasteiger partial charge in [-0.05, 0) is 53.9 Å². The maximum Gasteiger partial charge on any atom is 0.211 e. The first-order chi connectivity index (χ1) is 14.7. The van der Waals surface area contributed by atoms with Crippen molar-refractivity contribution in [3.05, 3.63) is 67.7 Å². The number of carbonyl (C=O) groups excluding carboxylic acids is 1. The Kier molecular flexibility index (Phi) is 7.86. The molecule has 0 aliphatic carbocycles. The van der Waals surface area contributed by atoms with Crippen LogP contribution in [0.2, 0.25) is 10.0 Å². The van der Waals surface area contributed by atoms with E-state index in [1.165, 1.54) is 0 Å². The van der Waals surface area contributed by atoms with Crippen LogP contribution in [0.3, 0.4) is 0 Å². The van der Waals surface area contributed by atoms with Crippen molar-refractivity contribution in [3.8, 4) is 0 Å². The fourth-order valence-electron chi connectivity index (χ4n) is 3.67. The Morgan fingerprint density at radius 3 is 2.52 bits per heavy atom. The van der Waals surface area contributed by atoms with Crippen molar-refractivity contribution in [1.82, 2.24) is 9.29 Å². The highest BCUT2D eigenvalue weighted by molar-refractivity contribution is 9.10. The Hall–Kier alpha value is -1.38. The fraction of sp³-hybridized carbons (Fsp3) is 0.318. The highest BCUT2D eigenvalue weighted by Crippen LogP contribution is 2.36. The van der Waals surface area contributed by atoms with Gasteiger partial charge < -0.3 is 4.57 Å². The van der Waals surface area contributed by atoms with Gasteiger partial charge in [0.25, 0.3) is 0 Å². The van der Waals surface area contributed by atoms with Crippen LogP contribution in [0.4, 0.5) is 0 Å². The molecule has 9 heteroatoms. The normalized spacial score (nSPS) is 11.9. The zero-order valence-electron chi connectivity index (χ0n) is 17.2. The number of carbonyl (C=O) groups is 1. The van der Waals surface area contributed by atoms with Crippen LogP contribution in [0.5, 0.6) is 0 Å². The van der Waals surface area contributed by atoms with Crippen LogP contribution in [0.15, 0.2) is 40.9 Å². The summed E-state index contributed by atoms with van der Waals surface area (Å²) in [4.78, 5) is 13.6. The van der Waals surface area contributed by atoms with Gasteiger partial charge in [0, 0.05) is 34.2 Å². The van der Waals surface area contributed by atoms with Crippen molar-refractivity contribution in [1.29, 1.82) is 0 Å². The van der Waals surface area contributed by atoms with Gasteiger partial charge in [-0.1, -0.05) is 48.3 Å². The molecule has 5 nitrogen and oxygen atoms in total. The third-order valence-corrected chi connectivity index (χ3v) is 8.02. The number of aryl methyl sites for hydroxylation is 1. The minimum atomic E-state index is -3.24. The van der Waals surface area contributed by atoms with Crippen molar-refractivity contribution < 1.29 is 13.2 Å². The molecule has 2 aromatic carbocycles. The predicted molar refractivity (Wildman–Crippen MR) is 131 cm³/mol. The van der Waals surface area contributed by atoms with Crippen LogP contribution in [0.1, 0.15) is 41.9 Å². The number of sulfonamides is 1. The second kappa shape index (κ2) is 10.0. The lowest BCUT2D eigenvalue weighted by Gasteiger charge is -2.12. The number of ketones is 1. The number of halogens is 3. The summed E-state index contributed by atoms with van der Waals surface area (Å²) in [5, 5.41) is 1.39. The van der Waals surface area contributed by atoms with Crippen LogP contribution >= 0.6 is 39.1 Å². The van der Waals surface area contributed by atoms with Crippen molar-refractivity contribution >= 4 is 65.8 Å². The highest BCUT2D eigenvalue weighted by atomic mass is 79.9. The molecule has 31 heavy (non-hydrogen) atoms. The standard InChI is InChI=1S/C22H23BrCl2N2O3S/c1-3-18-19(22(28)15-9-6-11-17(24)20(15)25)14-8-5-10-16(23)21(14)27(18)13-7-12-26-31(29,30)4-2/h5-6,8-11,26H,3-4,7,12-13H2,1-2H3. The molecular formula is C22H23BrCl2N2O3S. The molecule has 0 bridgehead atoms. The zero-order chi connectivity index (χ0) is 22.8. The summed E-state index contributed by atoms with van der Waals surface area (Å²) in [6, 6.07) is 10.8. The van der Waals surface area contributed by atoms with Crippen LogP contribution in [0.25, 0.3) is 10.9 Å². The number of hydrogen-bond acceptors (Lipinski definition) is 3. The molecule has 0 unspecified atom stereocenters. The molecule has 0 spiro atoms. The summed E-state index contributed by atoms with van der Waals surface area (Å²) < 4.78 is 29.0. The fourth-order valence-corrected chi connectivity index (χ4v) is 5.29. The molecule has 0 radical (unpaired) electrons. The van der Waals surface area contributed by atoms with Gasteiger partial charge in [-0.3, -0.25) is 4.79 Å². The van der Waals surface area contributed by atoms with E-state index in [0.717, 1.165) is 21.1 Å². The number of rotatable bonds is 9. The number of hydrogen-bond donors (Lipinski definition) is 1. The zero-order valence-corrected chi connectivity index (χ0v) is 21.1. The maximum absolute atomic E-state index is 13.6. The lowest BCUT2D eigenvalue weighted by atomic mass is 9.99. The number of benzene rings is 2. The highest BCUT2D eigenvalue weighted by Gasteiger charge is 2.25. The first-order valence-electron chi connectivity index (χ1n) is 9.97. The number of aromatic nitrogens is 1. The minimum Gasteiger partial charge on any atom is -0.343 e. The van der Waals surface area contributed by atoms with Gasteiger partial charge in [-0.25, -0.2) is 13.1 Å². The van der Waals surface area contributed by atoms with Gasteiger partial charge in [-0.2, -0.15) is 0 Å². The van der Waals surface area contributed by atoms with E-state index in [2.05, 4.69) is 25.2 Å². The van der Waals surface area contributed by atoms with E-state index in [0.29, 0.717) is 42.1 Å². The number of nitrogens with zero attached hydrogens (tertiary/aromatic N) is 1.